The Morgan fingerprint density at radius 1 is 1.08 bits per heavy atom. The van der Waals surface area contributed by atoms with Crippen LogP contribution in [0.15, 0.2) is 36.5 Å². The summed E-state index contributed by atoms with van der Waals surface area (Å²) in [6.07, 6.45) is 3.28. The number of aromatic nitrogens is 2. The lowest BCUT2D eigenvalue weighted by Gasteiger charge is -2.20. The maximum absolute atomic E-state index is 6.27. The fraction of sp³-hybridized carbons (Fsp3) is 0.350. The van der Waals surface area contributed by atoms with Crippen molar-refractivity contribution in [1.29, 1.82) is 0 Å². The van der Waals surface area contributed by atoms with Gasteiger partial charge in [-0.2, -0.15) is 0 Å². The van der Waals surface area contributed by atoms with Crippen molar-refractivity contribution >= 4 is 28.8 Å². The van der Waals surface area contributed by atoms with Crippen molar-refractivity contribution in [3.05, 3.63) is 57.8 Å². The molecular formula is C20H22Cl2N4. The maximum Gasteiger partial charge on any atom is 0.137 e. The third kappa shape index (κ3) is 3.60. The van der Waals surface area contributed by atoms with E-state index in [9.17, 15) is 0 Å². The number of fused-ring (bicyclic) bond motifs is 1. The highest BCUT2D eigenvalue weighted by Gasteiger charge is 2.18. The second-order valence-corrected chi connectivity index (χ2v) is 7.66. The molecule has 26 heavy (non-hydrogen) atoms. The number of hydrogen-bond acceptors (Lipinski definition) is 3. The average molecular weight is 389 g/mol. The van der Waals surface area contributed by atoms with Crippen LogP contribution in [0.25, 0.3) is 16.9 Å². The molecule has 0 aliphatic carbocycles. The van der Waals surface area contributed by atoms with Gasteiger partial charge in [-0.05, 0) is 56.3 Å². The number of rotatable bonds is 3. The molecule has 2 aromatic heterocycles. The Morgan fingerprint density at radius 3 is 2.81 bits per heavy atom. The summed E-state index contributed by atoms with van der Waals surface area (Å²) < 4.78 is 2.20. The molecule has 1 N–H and O–H groups in total. The van der Waals surface area contributed by atoms with Gasteiger partial charge in [0.25, 0.3) is 0 Å². The van der Waals surface area contributed by atoms with E-state index < -0.39 is 0 Å². The largest absolute Gasteiger partial charge is 0.315 e. The van der Waals surface area contributed by atoms with E-state index in [4.69, 9.17) is 28.2 Å². The SMILES string of the molecule is Cc1ccn2c(CN3CCCNCC3)c(-c3ccc(Cl)c(Cl)c3)nc2c1. The lowest BCUT2D eigenvalue weighted by Crippen LogP contribution is -2.28. The van der Waals surface area contributed by atoms with Crippen LogP contribution in [-0.2, 0) is 6.54 Å². The van der Waals surface area contributed by atoms with Gasteiger partial charge >= 0.3 is 0 Å². The monoisotopic (exact) mass is 388 g/mol. The van der Waals surface area contributed by atoms with E-state index in [1.807, 2.05) is 18.2 Å². The highest BCUT2D eigenvalue weighted by molar-refractivity contribution is 6.42. The van der Waals surface area contributed by atoms with Crippen LogP contribution in [0.2, 0.25) is 10.0 Å². The second kappa shape index (κ2) is 7.57. The van der Waals surface area contributed by atoms with Crippen molar-refractivity contribution < 1.29 is 0 Å². The van der Waals surface area contributed by atoms with Crippen molar-refractivity contribution in [2.45, 2.75) is 19.9 Å². The van der Waals surface area contributed by atoms with Crippen LogP contribution in [-0.4, -0.2) is 40.5 Å². The summed E-state index contributed by atoms with van der Waals surface area (Å²) in [6.45, 7) is 7.20. The van der Waals surface area contributed by atoms with Gasteiger partial charge in [-0.15, -0.1) is 0 Å². The molecule has 4 nitrogen and oxygen atoms in total. The van der Waals surface area contributed by atoms with Crippen molar-refractivity contribution in [2.75, 3.05) is 26.2 Å². The zero-order chi connectivity index (χ0) is 18.1. The molecule has 0 atom stereocenters. The standard InChI is InChI=1S/C20H22Cl2N4/c1-14-5-9-26-18(13-25-8-2-6-23-7-10-25)20(24-19(26)11-14)15-3-4-16(21)17(22)12-15/h3-5,9,11-12,23H,2,6-8,10,13H2,1H3. The van der Waals surface area contributed by atoms with Gasteiger partial charge in [0, 0.05) is 31.4 Å². The second-order valence-electron chi connectivity index (χ2n) is 6.85. The summed E-state index contributed by atoms with van der Waals surface area (Å²) in [5.41, 5.74) is 5.35. The quantitative estimate of drug-likeness (QED) is 0.720. The van der Waals surface area contributed by atoms with Crippen LogP contribution in [0.3, 0.4) is 0 Å². The van der Waals surface area contributed by atoms with Crippen LogP contribution in [0.1, 0.15) is 17.7 Å². The molecule has 6 heteroatoms. The third-order valence-electron chi connectivity index (χ3n) is 4.88. The van der Waals surface area contributed by atoms with E-state index in [0.29, 0.717) is 10.0 Å². The van der Waals surface area contributed by atoms with E-state index in [2.05, 4.69) is 39.9 Å². The van der Waals surface area contributed by atoms with Crippen LogP contribution in [0, 0.1) is 6.92 Å². The molecule has 3 aromatic rings. The molecule has 1 saturated heterocycles. The summed E-state index contributed by atoms with van der Waals surface area (Å²) in [7, 11) is 0. The Labute approximate surface area is 163 Å². The predicted molar refractivity (Wildman–Crippen MR) is 108 cm³/mol. The molecule has 136 valence electrons. The lowest BCUT2D eigenvalue weighted by molar-refractivity contribution is 0.281. The molecule has 0 saturated carbocycles. The van der Waals surface area contributed by atoms with E-state index in [-0.39, 0.29) is 0 Å². The third-order valence-corrected chi connectivity index (χ3v) is 5.62. The van der Waals surface area contributed by atoms with E-state index in [1.165, 1.54) is 11.3 Å². The van der Waals surface area contributed by atoms with Crippen molar-refractivity contribution in [2.24, 2.45) is 0 Å². The molecule has 1 fully saturated rings. The summed E-state index contributed by atoms with van der Waals surface area (Å²) in [6, 6.07) is 9.99. The van der Waals surface area contributed by atoms with Gasteiger partial charge in [0.15, 0.2) is 0 Å². The number of halogens is 2. The normalized spacial score (nSPS) is 16.1. The Hall–Kier alpha value is -1.59. The van der Waals surface area contributed by atoms with Gasteiger partial charge in [0.1, 0.15) is 5.65 Å². The Morgan fingerprint density at radius 2 is 1.96 bits per heavy atom. The van der Waals surface area contributed by atoms with E-state index in [1.54, 1.807) is 0 Å². The van der Waals surface area contributed by atoms with Gasteiger partial charge in [0.2, 0.25) is 0 Å². The molecule has 0 unspecified atom stereocenters. The number of benzene rings is 1. The minimum atomic E-state index is 0.558. The molecule has 4 rings (SSSR count). The highest BCUT2D eigenvalue weighted by atomic mass is 35.5. The maximum atomic E-state index is 6.27. The first-order valence-corrected chi connectivity index (χ1v) is 9.73. The topological polar surface area (TPSA) is 32.6 Å². The highest BCUT2D eigenvalue weighted by Crippen LogP contribution is 2.31. The summed E-state index contributed by atoms with van der Waals surface area (Å²) in [4.78, 5) is 7.41. The molecule has 1 aliphatic rings. The van der Waals surface area contributed by atoms with Crippen LogP contribution in [0.5, 0.6) is 0 Å². The molecule has 0 amide bonds. The summed E-state index contributed by atoms with van der Waals surface area (Å²) >= 11 is 12.4. The zero-order valence-corrected chi connectivity index (χ0v) is 16.3. The number of hydrogen-bond donors (Lipinski definition) is 1. The minimum Gasteiger partial charge on any atom is -0.315 e. The van der Waals surface area contributed by atoms with E-state index in [0.717, 1.165) is 56.0 Å². The molecule has 1 aliphatic heterocycles. The molecular weight excluding hydrogens is 367 g/mol. The number of aryl methyl sites for hydroxylation is 1. The smallest absolute Gasteiger partial charge is 0.137 e. The first-order valence-electron chi connectivity index (χ1n) is 8.98. The van der Waals surface area contributed by atoms with Crippen molar-refractivity contribution in [1.82, 2.24) is 19.6 Å². The number of nitrogens with one attached hydrogen (secondary N) is 1. The van der Waals surface area contributed by atoms with Gasteiger partial charge in [-0.1, -0.05) is 29.3 Å². The Kier molecular flexibility index (Phi) is 5.18. The predicted octanol–water partition coefficient (Wildman–Crippen LogP) is 4.41. The molecule has 1 aromatic carbocycles. The Bertz CT molecular complexity index is 927. The van der Waals surface area contributed by atoms with Crippen LogP contribution in [0.4, 0.5) is 0 Å². The van der Waals surface area contributed by atoms with E-state index >= 15 is 0 Å². The fourth-order valence-corrected chi connectivity index (χ4v) is 3.79. The van der Waals surface area contributed by atoms with Gasteiger partial charge in [-0.25, -0.2) is 4.98 Å². The first-order chi connectivity index (χ1) is 12.6. The van der Waals surface area contributed by atoms with Crippen molar-refractivity contribution in [3.8, 4) is 11.3 Å². The van der Waals surface area contributed by atoms with Gasteiger partial charge in [0.05, 0.1) is 21.4 Å². The number of pyridine rings is 1. The average Bonchev–Trinajstić information content (AvgIpc) is 2.79. The molecule has 0 radical (unpaired) electrons. The molecule has 0 bridgehead atoms. The lowest BCUT2D eigenvalue weighted by atomic mass is 10.1. The fourth-order valence-electron chi connectivity index (χ4n) is 3.49. The zero-order valence-electron chi connectivity index (χ0n) is 14.8. The number of nitrogens with zero attached hydrogens (tertiary/aromatic N) is 3. The summed E-state index contributed by atoms with van der Waals surface area (Å²) in [5, 5.41) is 4.59. The minimum absolute atomic E-state index is 0.558. The number of imidazole rings is 1. The summed E-state index contributed by atoms with van der Waals surface area (Å²) in [5.74, 6) is 0. The van der Waals surface area contributed by atoms with Crippen molar-refractivity contribution in [3.63, 3.8) is 0 Å². The first kappa shape index (κ1) is 17.8. The van der Waals surface area contributed by atoms with Gasteiger partial charge < -0.3 is 9.72 Å². The van der Waals surface area contributed by atoms with Crippen LogP contribution >= 0.6 is 23.2 Å². The molecule has 3 heterocycles. The van der Waals surface area contributed by atoms with Gasteiger partial charge in [-0.3, -0.25) is 4.90 Å². The van der Waals surface area contributed by atoms with Crippen LogP contribution < -0.4 is 5.32 Å². The Balaban J connectivity index is 1.81. The molecule has 0 spiro atoms.